The number of rotatable bonds is 3. The number of carbonyl (C=O) groups excluding carboxylic acids is 1. The van der Waals surface area contributed by atoms with Gasteiger partial charge in [-0.2, -0.15) is 0 Å². The predicted octanol–water partition coefficient (Wildman–Crippen LogP) is 0.200. The highest BCUT2D eigenvalue weighted by Crippen LogP contribution is 2.12. The number of nitrogens with two attached hydrogens (primary N) is 1. The highest BCUT2D eigenvalue weighted by atomic mass is 19.1. The molecule has 0 fully saturated rings. The molecule has 5 heteroatoms. The minimum Gasteiger partial charge on any atom is -0.395 e. The lowest BCUT2D eigenvalue weighted by molar-refractivity contribution is 0.0766. The van der Waals surface area contributed by atoms with Gasteiger partial charge in [-0.3, -0.25) is 4.79 Å². The number of likely N-dealkylation sites (N-methyl/N-ethyl adjacent to an activating group) is 1. The van der Waals surface area contributed by atoms with Crippen LogP contribution in [0, 0.1) is 17.7 Å². The molecule has 96 valence electrons. The van der Waals surface area contributed by atoms with Gasteiger partial charge in [-0.05, 0) is 18.2 Å². The number of hydrogen-bond acceptors (Lipinski definition) is 3. The van der Waals surface area contributed by atoms with Crippen molar-refractivity contribution in [2.24, 2.45) is 5.73 Å². The summed E-state index contributed by atoms with van der Waals surface area (Å²) >= 11 is 0. The van der Waals surface area contributed by atoms with Gasteiger partial charge in [0.25, 0.3) is 5.91 Å². The lowest BCUT2D eigenvalue weighted by Gasteiger charge is -2.16. The molecule has 1 amide bonds. The summed E-state index contributed by atoms with van der Waals surface area (Å²) in [4.78, 5) is 13.4. The monoisotopic (exact) mass is 250 g/mol. The molecular formula is C13H15FN2O2. The lowest BCUT2D eigenvalue weighted by Crippen LogP contribution is -2.30. The van der Waals surface area contributed by atoms with E-state index in [4.69, 9.17) is 10.8 Å². The number of carbonyl (C=O) groups is 1. The molecule has 0 saturated heterocycles. The zero-order valence-corrected chi connectivity index (χ0v) is 10.1. The van der Waals surface area contributed by atoms with Crippen LogP contribution in [0.15, 0.2) is 18.2 Å². The molecule has 0 aliphatic heterocycles. The van der Waals surface area contributed by atoms with E-state index in [1.165, 1.54) is 23.1 Å². The number of halogens is 1. The minimum absolute atomic E-state index is 0.132. The molecule has 0 aromatic heterocycles. The van der Waals surface area contributed by atoms with Gasteiger partial charge in [-0.1, -0.05) is 11.8 Å². The third-order valence-corrected chi connectivity index (χ3v) is 2.32. The van der Waals surface area contributed by atoms with Crippen molar-refractivity contribution in [2.45, 2.75) is 0 Å². The van der Waals surface area contributed by atoms with Crippen molar-refractivity contribution in [3.05, 3.63) is 35.1 Å². The van der Waals surface area contributed by atoms with Crippen LogP contribution in [-0.4, -0.2) is 42.7 Å². The zero-order valence-electron chi connectivity index (χ0n) is 10.1. The maximum Gasteiger partial charge on any atom is 0.254 e. The first-order valence-corrected chi connectivity index (χ1v) is 5.45. The molecule has 4 nitrogen and oxygen atoms in total. The Morgan fingerprint density at radius 3 is 2.89 bits per heavy atom. The van der Waals surface area contributed by atoms with Crippen molar-refractivity contribution in [3.8, 4) is 11.8 Å². The molecule has 0 spiro atoms. The van der Waals surface area contributed by atoms with Crippen LogP contribution in [0.5, 0.6) is 0 Å². The quantitative estimate of drug-likeness (QED) is 0.753. The van der Waals surface area contributed by atoms with E-state index in [9.17, 15) is 9.18 Å². The number of aliphatic hydroxyl groups is 1. The summed E-state index contributed by atoms with van der Waals surface area (Å²) in [5, 5.41) is 8.79. The summed E-state index contributed by atoms with van der Waals surface area (Å²) in [7, 11) is 1.56. The van der Waals surface area contributed by atoms with E-state index in [1.54, 1.807) is 7.05 Å². The first-order valence-electron chi connectivity index (χ1n) is 5.45. The van der Waals surface area contributed by atoms with Gasteiger partial charge in [0.15, 0.2) is 0 Å². The van der Waals surface area contributed by atoms with Crippen LogP contribution in [0.25, 0.3) is 0 Å². The van der Waals surface area contributed by atoms with Gasteiger partial charge in [0.2, 0.25) is 0 Å². The molecule has 0 heterocycles. The fraction of sp³-hybridized carbons (Fsp3) is 0.308. The van der Waals surface area contributed by atoms with E-state index < -0.39 is 5.82 Å². The van der Waals surface area contributed by atoms with Crippen molar-refractivity contribution in [1.82, 2.24) is 4.90 Å². The normalized spacial score (nSPS) is 9.56. The summed E-state index contributed by atoms with van der Waals surface area (Å²) in [6.45, 7) is 0.212. The van der Waals surface area contributed by atoms with Gasteiger partial charge >= 0.3 is 0 Å². The molecule has 3 N–H and O–H groups in total. The van der Waals surface area contributed by atoms with Gasteiger partial charge in [-0.15, -0.1) is 0 Å². The summed E-state index contributed by atoms with van der Waals surface area (Å²) in [5.74, 6) is 4.48. The second-order valence-corrected chi connectivity index (χ2v) is 3.65. The Balaban J connectivity index is 3.11. The van der Waals surface area contributed by atoms with Crippen LogP contribution in [0.3, 0.4) is 0 Å². The molecular weight excluding hydrogens is 235 g/mol. The standard InChI is InChI=1S/C13H15FN2O2/c1-16(7-8-17)13(18)12-5-4-11(14)9-10(12)3-2-6-15/h4-5,9,17H,6-8,15H2,1H3. The van der Waals surface area contributed by atoms with E-state index >= 15 is 0 Å². The smallest absolute Gasteiger partial charge is 0.254 e. The zero-order chi connectivity index (χ0) is 13.5. The van der Waals surface area contributed by atoms with Crippen molar-refractivity contribution in [1.29, 1.82) is 0 Å². The maximum absolute atomic E-state index is 13.1. The van der Waals surface area contributed by atoms with E-state index in [2.05, 4.69) is 11.8 Å². The molecule has 0 unspecified atom stereocenters. The second-order valence-electron chi connectivity index (χ2n) is 3.65. The van der Waals surface area contributed by atoms with E-state index in [0.29, 0.717) is 11.1 Å². The van der Waals surface area contributed by atoms with Crippen LogP contribution < -0.4 is 5.73 Å². The van der Waals surface area contributed by atoms with E-state index in [1.807, 2.05) is 0 Å². The van der Waals surface area contributed by atoms with Crippen molar-refractivity contribution >= 4 is 5.91 Å². The molecule has 0 aliphatic carbocycles. The summed E-state index contributed by atoms with van der Waals surface area (Å²) in [6, 6.07) is 3.78. The first-order chi connectivity index (χ1) is 8.60. The van der Waals surface area contributed by atoms with E-state index in [0.717, 1.165) is 0 Å². The molecule has 0 saturated carbocycles. The molecule has 1 aromatic rings. The Bertz CT molecular complexity index is 491. The average molecular weight is 250 g/mol. The van der Waals surface area contributed by atoms with Crippen LogP contribution >= 0.6 is 0 Å². The second kappa shape index (κ2) is 6.74. The molecule has 18 heavy (non-hydrogen) atoms. The van der Waals surface area contributed by atoms with Crippen LogP contribution in [0.1, 0.15) is 15.9 Å². The SMILES string of the molecule is CN(CCO)C(=O)c1ccc(F)cc1C#CCN. The maximum atomic E-state index is 13.1. The molecule has 0 atom stereocenters. The number of aliphatic hydroxyl groups excluding tert-OH is 1. The van der Waals surface area contributed by atoms with Crippen LogP contribution in [0.2, 0.25) is 0 Å². The summed E-state index contributed by atoms with van der Waals surface area (Å²) < 4.78 is 13.1. The predicted molar refractivity (Wildman–Crippen MR) is 66.4 cm³/mol. The van der Waals surface area contributed by atoms with Crippen molar-refractivity contribution in [3.63, 3.8) is 0 Å². The topological polar surface area (TPSA) is 66.6 Å². The van der Waals surface area contributed by atoms with Gasteiger partial charge in [-0.25, -0.2) is 4.39 Å². The third kappa shape index (κ3) is 3.55. The number of nitrogens with zero attached hydrogens (tertiary/aromatic N) is 1. The molecule has 0 bridgehead atoms. The highest BCUT2D eigenvalue weighted by molar-refractivity contribution is 5.96. The Labute approximate surface area is 105 Å². The largest absolute Gasteiger partial charge is 0.395 e. The van der Waals surface area contributed by atoms with Gasteiger partial charge in [0, 0.05) is 19.2 Å². The Kier molecular flexibility index (Phi) is 5.31. The molecule has 0 radical (unpaired) electrons. The fourth-order valence-electron chi connectivity index (χ4n) is 1.41. The van der Waals surface area contributed by atoms with Gasteiger partial charge < -0.3 is 15.7 Å². The van der Waals surface area contributed by atoms with Crippen molar-refractivity contribution in [2.75, 3.05) is 26.7 Å². The summed E-state index contributed by atoms with van der Waals surface area (Å²) in [5.41, 5.74) is 5.85. The van der Waals surface area contributed by atoms with Crippen LogP contribution in [-0.2, 0) is 0 Å². The number of benzene rings is 1. The number of hydrogen-bond donors (Lipinski definition) is 2. The minimum atomic E-state index is -0.460. The number of amides is 1. The first kappa shape index (κ1) is 14.2. The summed E-state index contributed by atoms with van der Waals surface area (Å²) in [6.07, 6.45) is 0. The molecule has 1 rings (SSSR count). The van der Waals surface area contributed by atoms with Gasteiger partial charge in [0.05, 0.1) is 18.7 Å². The third-order valence-electron chi connectivity index (χ3n) is 2.32. The van der Waals surface area contributed by atoms with Crippen LogP contribution in [0.4, 0.5) is 4.39 Å². The van der Waals surface area contributed by atoms with E-state index in [-0.39, 0.29) is 25.6 Å². The molecule has 0 aliphatic rings. The molecule has 1 aromatic carbocycles. The Morgan fingerprint density at radius 1 is 1.56 bits per heavy atom. The Hall–Kier alpha value is -1.90. The fourth-order valence-corrected chi connectivity index (χ4v) is 1.41. The van der Waals surface area contributed by atoms with Crippen molar-refractivity contribution < 1.29 is 14.3 Å². The highest BCUT2D eigenvalue weighted by Gasteiger charge is 2.15. The lowest BCUT2D eigenvalue weighted by atomic mass is 10.1. The van der Waals surface area contributed by atoms with Gasteiger partial charge in [0.1, 0.15) is 5.82 Å². The Morgan fingerprint density at radius 2 is 2.28 bits per heavy atom. The average Bonchev–Trinajstić information content (AvgIpc) is 2.36.